The molecule has 3 rings (SSSR count). The smallest absolute Gasteiger partial charge is 0.264 e. The van der Waals surface area contributed by atoms with Crippen LogP contribution in [-0.4, -0.2) is 57.4 Å². The van der Waals surface area contributed by atoms with Crippen LogP contribution in [0.4, 0.5) is 5.69 Å². The molecule has 8 nitrogen and oxygen atoms in total. The molecule has 208 valence electrons. The first-order valence-electron chi connectivity index (χ1n) is 13.0. The summed E-state index contributed by atoms with van der Waals surface area (Å²) in [7, 11) is -2.61. The van der Waals surface area contributed by atoms with E-state index < -0.39 is 28.5 Å². The van der Waals surface area contributed by atoms with Crippen molar-refractivity contribution >= 4 is 27.5 Å². The Hall–Kier alpha value is -3.85. The maximum atomic E-state index is 13.8. The summed E-state index contributed by atoms with van der Waals surface area (Å²) in [6.07, 6.45) is 1.27. The topological polar surface area (TPSA) is 96.0 Å². The van der Waals surface area contributed by atoms with E-state index in [4.69, 9.17) is 4.74 Å². The summed E-state index contributed by atoms with van der Waals surface area (Å²) in [4.78, 5) is 28.4. The lowest BCUT2D eigenvalue weighted by Gasteiger charge is -2.32. The zero-order valence-electron chi connectivity index (χ0n) is 22.9. The molecular weight excluding hydrogens is 514 g/mol. The Kier molecular flexibility index (Phi) is 10.5. The first kappa shape index (κ1) is 29.7. The molecule has 39 heavy (non-hydrogen) atoms. The molecule has 2 atom stereocenters. The molecule has 0 spiro atoms. The summed E-state index contributed by atoms with van der Waals surface area (Å²) in [5, 5.41) is 2.94. The third-order valence-electron chi connectivity index (χ3n) is 6.62. The van der Waals surface area contributed by atoms with Gasteiger partial charge in [0, 0.05) is 12.6 Å². The number of hydrogen-bond acceptors (Lipinski definition) is 5. The predicted octanol–water partition coefficient (Wildman–Crippen LogP) is 4.27. The van der Waals surface area contributed by atoms with Gasteiger partial charge in [0.05, 0.1) is 17.7 Å². The van der Waals surface area contributed by atoms with E-state index in [0.29, 0.717) is 17.9 Å². The van der Waals surface area contributed by atoms with Crippen LogP contribution in [0.25, 0.3) is 0 Å². The summed E-state index contributed by atoms with van der Waals surface area (Å²) < 4.78 is 33.8. The van der Waals surface area contributed by atoms with Gasteiger partial charge in [-0.2, -0.15) is 0 Å². The highest BCUT2D eigenvalue weighted by atomic mass is 32.2. The van der Waals surface area contributed by atoms with E-state index in [1.54, 1.807) is 49.4 Å². The monoisotopic (exact) mass is 551 g/mol. The average Bonchev–Trinajstić information content (AvgIpc) is 2.96. The zero-order valence-corrected chi connectivity index (χ0v) is 23.7. The molecule has 0 bridgehead atoms. The first-order valence-corrected chi connectivity index (χ1v) is 14.5. The normalized spacial score (nSPS) is 12.7. The molecule has 3 aromatic rings. The van der Waals surface area contributed by atoms with Crippen molar-refractivity contribution in [2.24, 2.45) is 0 Å². The fourth-order valence-electron chi connectivity index (χ4n) is 4.03. The van der Waals surface area contributed by atoms with Gasteiger partial charge in [0.1, 0.15) is 18.3 Å². The number of rotatable bonds is 13. The molecule has 3 aromatic carbocycles. The third-order valence-corrected chi connectivity index (χ3v) is 8.41. The fourth-order valence-corrected chi connectivity index (χ4v) is 5.45. The van der Waals surface area contributed by atoms with Gasteiger partial charge in [-0.25, -0.2) is 8.42 Å². The molecule has 0 unspecified atom stereocenters. The standard InChI is InChI=1S/C30H37N3O5S/c1-5-23(2)31-30(35)24(3)32(21-20-25-12-8-6-9-13-25)29(34)22-33(26-14-10-7-11-15-26)39(36,37)28-18-16-27(38-4)17-19-28/h6-19,23-24H,5,20-22H2,1-4H3,(H,31,35)/t23-,24-/m0/s1. The predicted molar refractivity (Wildman–Crippen MR) is 153 cm³/mol. The lowest BCUT2D eigenvalue weighted by atomic mass is 10.1. The van der Waals surface area contributed by atoms with Crippen molar-refractivity contribution in [1.82, 2.24) is 10.2 Å². The van der Waals surface area contributed by atoms with Gasteiger partial charge in [0.25, 0.3) is 10.0 Å². The van der Waals surface area contributed by atoms with Gasteiger partial charge < -0.3 is 15.0 Å². The van der Waals surface area contributed by atoms with Crippen LogP contribution in [0.15, 0.2) is 89.8 Å². The molecule has 0 aliphatic carbocycles. The molecule has 1 N–H and O–H groups in total. The number of carbonyl (C=O) groups is 2. The Labute approximate surface area is 231 Å². The van der Waals surface area contributed by atoms with Crippen LogP contribution in [0, 0.1) is 0 Å². The average molecular weight is 552 g/mol. The Morgan fingerprint density at radius 3 is 2.05 bits per heavy atom. The minimum Gasteiger partial charge on any atom is -0.497 e. The Balaban J connectivity index is 1.94. The minimum atomic E-state index is -4.11. The molecular formula is C30H37N3O5S. The summed E-state index contributed by atoms with van der Waals surface area (Å²) in [6, 6.07) is 23.3. The Bertz CT molecular complexity index is 1320. The number of nitrogens with zero attached hydrogens (tertiary/aromatic N) is 2. The zero-order chi connectivity index (χ0) is 28.4. The number of hydrogen-bond donors (Lipinski definition) is 1. The van der Waals surface area contributed by atoms with Crippen LogP contribution in [-0.2, 0) is 26.0 Å². The van der Waals surface area contributed by atoms with Crippen LogP contribution in [0.3, 0.4) is 0 Å². The van der Waals surface area contributed by atoms with Crippen molar-refractivity contribution in [1.29, 1.82) is 0 Å². The molecule has 0 radical (unpaired) electrons. The van der Waals surface area contributed by atoms with Crippen molar-refractivity contribution in [3.05, 3.63) is 90.5 Å². The van der Waals surface area contributed by atoms with Crippen molar-refractivity contribution in [3.63, 3.8) is 0 Å². The molecule has 0 aliphatic heterocycles. The lowest BCUT2D eigenvalue weighted by molar-refractivity contribution is -0.139. The number of nitrogens with one attached hydrogen (secondary N) is 1. The summed E-state index contributed by atoms with van der Waals surface area (Å²) in [6.45, 7) is 5.33. The van der Waals surface area contributed by atoms with Crippen LogP contribution >= 0.6 is 0 Å². The molecule has 0 aliphatic rings. The molecule has 0 saturated carbocycles. The Morgan fingerprint density at radius 2 is 1.49 bits per heavy atom. The Morgan fingerprint density at radius 1 is 0.897 bits per heavy atom. The van der Waals surface area contributed by atoms with E-state index in [1.807, 2.05) is 44.2 Å². The van der Waals surface area contributed by atoms with Gasteiger partial charge in [0.15, 0.2) is 0 Å². The fraction of sp³-hybridized carbons (Fsp3) is 0.333. The summed E-state index contributed by atoms with van der Waals surface area (Å²) in [5.74, 6) is -0.238. The summed E-state index contributed by atoms with van der Waals surface area (Å²) >= 11 is 0. The highest BCUT2D eigenvalue weighted by Gasteiger charge is 2.32. The van der Waals surface area contributed by atoms with E-state index in [1.165, 1.54) is 24.1 Å². The first-order chi connectivity index (χ1) is 18.7. The van der Waals surface area contributed by atoms with E-state index in [2.05, 4.69) is 5.32 Å². The van der Waals surface area contributed by atoms with Crippen molar-refractivity contribution in [2.75, 3.05) is 24.5 Å². The van der Waals surface area contributed by atoms with Gasteiger partial charge in [0.2, 0.25) is 11.8 Å². The number of ether oxygens (including phenoxy) is 1. The highest BCUT2D eigenvalue weighted by Crippen LogP contribution is 2.25. The number of carbonyl (C=O) groups excluding carboxylic acids is 2. The van der Waals surface area contributed by atoms with E-state index >= 15 is 0 Å². The van der Waals surface area contributed by atoms with Gasteiger partial charge >= 0.3 is 0 Å². The number of sulfonamides is 1. The van der Waals surface area contributed by atoms with Crippen LogP contribution in [0.1, 0.15) is 32.8 Å². The SMILES string of the molecule is CC[C@H](C)NC(=O)[C@H](C)N(CCc1ccccc1)C(=O)CN(c1ccccc1)S(=O)(=O)c1ccc(OC)cc1. The number of methoxy groups -OCH3 is 1. The van der Waals surface area contributed by atoms with E-state index in [0.717, 1.165) is 16.3 Å². The third kappa shape index (κ3) is 7.83. The number of anilines is 1. The highest BCUT2D eigenvalue weighted by molar-refractivity contribution is 7.92. The molecule has 0 fully saturated rings. The van der Waals surface area contributed by atoms with Crippen LogP contribution in [0.2, 0.25) is 0 Å². The van der Waals surface area contributed by atoms with Crippen LogP contribution < -0.4 is 14.4 Å². The molecule has 0 heterocycles. The second-order valence-corrected chi connectivity index (χ2v) is 11.2. The summed E-state index contributed by atoms with van der Waals surface area (Å²) in [5.41, 5.74) is 1.36. The molecule has 9 heteroatoms. The second kappa shape index (κ2) is 13.8. The van der Waals surface area contributed by atoms with E-state index in [-0.39, 0.29) is 23.4 Å². The number of amides is 2. The largest absolute Gasteiger partial charge is 0.497 e. The van der Waals surface area contributed by atoms with Gasteiger partial charge in [-0.05, 0) is 68.7 Å². The van der Waals surface area contributed by atoms with E-state index in [9.17, 15) is 18.0 Å². The molecule has 0 aromatic heterocycles. The lowest BCUT2D eigenvalue weighted by Crippen LogP contribution is -2.53. The van der Waals surface area contributed by atoms with Gasteiger partial charge in [-0.1, -0.05) is 55.5 Å². The molecule has 0 saturated heterocycles. The minimum absolute atomic E-state index is 0.0263. The van der Waals surface area contributed by atoms with Gasteiger partial charge in [-0.15, -0.1) is 0 Å². The van der Waals surface area contributed by atoms with Crippen LogP contribution in [0.5, 0.6) is 5.75 Å². The quantitative estimate of drug-likeness (QED) is 0.342. The number of benzene rings is 3. The van der Waals surface area contributed by atoms with Crippen molar-refractivity contribution in [3.8, 4) is 5.75 Å². The van der Waals surface area contributed by atoms with Crippen molar-refractivity contribution < 1.29 is 22.7 Å². The maximum Gasteiger partial charge on any atom is 0.264 e. The van der Waals surface area contributed by atoms with Crippen molar-refractivity contribution in [2.45, 2.75) is 50.6 Å². The molecule has 2 amide bonds. The maximum absolute atomic E-state index is 13.8. The second-order valence-electron chi connectivity index (χ2n) is 9.34. The van der Waals surface area contributed by atoms with Gasteiger partial charge in [-0.3, -0.25) is 13.9 Å². The number of para-hydroxylation sites is 1.